The molecular formula is C20H23N3O. The van der Waals surface area contributed by atoms with Gasteiger partial charge in [-0.1, -0.05) is 30.3 Å². The third-order valence-electron chi connectivity index (χ3n) is 5.41. The molecule has 24 heavy (non-hydrogen) atoms. The monoisotopic (exact) mass is 321 g/mol. The molecule has 1 aliphatic carbocycles. The van der Waals surface area contributed by atoms with Crippen molar-refractivity contribution in [2.24, 2.45) is 17.6 Å². The van der Waals surface area contributed by atoms with Crippen LogP contribution >= 0.6 is 0 Å². The summed E-state index contributed by atoms with van der Waals surface area (Å²) in [6.07, 6.45) is 2.25. The number of nitrogens with zero attached hydrogens (tertiary/aromatic N) is 1. The molecule has 1 saturated heterocycles. The van der Waals surface area contributed by atoms with Crippen molar-refractivity contribution in [2.45, 2.75) is 18.9 Å². The SMILES string of the molecule is NC1CCC2CN(C(=O)c3ccccc3Nc3ccccc3)CC12. The van der Waals surface area contributed by atoms with Crippen LogP contribution in [0.2, 0.25) is 0 Å². The van der Waals surface area contributed by atoms with E-state index in [0.717, 1.165) is 42.9 Å². The molecular weight excluding hydrogens is 298 g/mol. The summed E-state index contributed by atoms with van der Waals surface area (Å²) in [5, 5.41) is 3.36. The zero-order valence-corrected chi connectivity index (χ0v) is 13.7. The number of carbonyl (C=O) groups is 1. The van der Waals surface area contributed by atoms with Crippen LogP contribution in [0.25, 0.3) is 0 Å². The van der Waals surface area contributed by atoms with Gasteiger partial charge in [-0.25, -0.2) is 0 Å². The number of rotatable bonds is 3. The van der Waals surface area contributed by atoms with Gasteiger partial charge in [0.25, 0.3) is 5.91 Å². The van der Waals surface area contributed by atoms with Crippen LogP contribution in [0.3, 0.4) is 0 Å². The van der Waals surface area contributed by atoms with E-state index in [2.05, 4.69) is 5.32 Å². The summed E-state index contributed by atoms with van der Waals surface area (Å²) in [6, 6.07) is 17.9. The van der Waals surface area contributed by atoms with Crippen molar-refractivity contribution in [1.29, 1.82) is 0 Å². The predicted molar refractivity (Wildman–Crippen MR) is 96.3 cm³/mol. The van der Waals surface area contributed by atoms with Gasteiger partial charge in [0.05, 0.1) is 11.3 Å². The van der Waals surface area contributed by atoms with Gasteiger partial charge in [-0.05, 0) is 48.9 Å². The van der Waals surface area contributed by atoms with Gasteiger partial charge in [-0.15, -0.1) is 0 Å². The lowest BCUT2D eigenvalue weighted by atomic mass is 9.98. The van der Waals surface area contributed by atoms with E-state index in [0.29, 0.717) is 11.8 Å². The fourth-order valence-corrected chi connectivity index (χ4v) is 4.10. The van der Waals surface area contributed by atoms with Gasteiger partial charge in [-0.2, -0.15) is 0 Å². The molecule has 2 fully saturated rings. The predicted octanol–water partition coefficient (Wildman–Crippen LogP) is 3.24. The average molecular weight is 321 g/mol. The van der Waals surface area contributed by atoms with Crippen LogP contribution in [0.5, 0.6) is 0 Å². The van der Waals surface area contributed by atoms with Gasteiger partial charge in [0.15, 0.2) is 0 Å². The van der Waals surface area contributed by atoms with Gasteiger partial charge in [0.2, 0.25) is 0 Å². The maximum Gasteiger partial charge on any atom is 0.255 e. The molecule has 0 radical (unpaired) electrons. The Labute approximate surface area is 142 Å². The zero-order chi connectivity index (χ0) is 16.5. The molecule has 4 nitrogen and oxygen atoms in total. The number of fused-ring (bicyclic) bond motifs is 1. The lowest BCUT2D eigenvalue weighted by Crippen LogP contribution is -2.33. The van der Waals surface area contributed by atoms with Gasteiger partial charge in [0, 0.05) is 24.8 Å². The summed E-state index contributed by atoms with van der Waals surface area (Å²) in [5.41, 5.74) is 8.77. The van der Waals surface area contributed by atoms with Gasteiger partial charge in [0.1, 0.15) is 0 Å². The van der Waals surface area contributed by atoms with Crippen LogP contribution in [-0.2, 0) is 0 Å². The van der Waals surface area contributed by atoms with Crippen molar-refractivity contribution in [1.82, 2.24) is 4.90 Å². The molecule has 1 saturated carbocycles. The highest BCUT2D eigenvalue weighted by atomic mass is 16.2. The minimum absolute atomic E-state index is 0.107. The summed E-state index contributed by atoms with van der Waals surface area (Å²) in [5.74, 6) is 1.16. The highest BCUT2D eigenvalue weighted by Gasteiger charge is 2.42. The largest absolute Gasteiger partial charge is 0.355 e. The van der Waals surface area contributed by atoms with E-state index >= 15 is 0 Å². The van der Waals surface area contributed by atoms with Crippen LogP contribution < -0.4 is 11.1 Å². The molecule has 2 aromatic rings. The molecule has 4 rings (SSSR count). The standard InChI is InChI=1S/C20H23N3O/c21-18-11-10-14-12-23(13-17(14)18)20(24)16-8-4-5-9-19(16)22-15-6-2-1-3-7-15/h1-9,14,17-18,22H,10-13,21H2. The molecule has 1 aliphatic heterocycles. The maximum atomic E-state index is 13.0. The van der Waals surface area contributed by atoms with Gasteiger partial charge >= 0.3 is 0 Å². The van der Waals surface area contributed by atoms with Crippen LogP contribution in [0.4, 0.5) is 11.4 Å². The first-order chi connectivity index (χ1) is 11.7. The molecule has 3 atom stereocenters. The smallest absolute Gasteiger partial charge is 0.255 e. The fraction of sp³-hybridized carbons (Fsp3) is 0.350. The number of nitrogens with one attached hydrogen (secondary N) is 1. The number of hydrogen-bond donors (Lipinski definition) is 2. The molecule has 3 N–H and O–H groups in total. The number of hydrogen-bond acceptors (Lipinski definition) is 3. The van der Waals surface area contributed by atoms with Gasteiger partial charge < -0.3 is 16.0 Å². The quantitative estimate of drug-likeness (QED) is 0.912. The lowest BCUT2D eigenvalue weighted by Gasteiger charge is -2.21. The van der Waals surface area contributed by atoms with Crippen molar-refractivity contribution < 1.29 is 4.79 Å². The summed E-state index contributed by atoms with van der Waals surface area (Å²) in [6.45, 7) is 1.64. The molecule has 4 heteroatoms. The number of para-hydroxylation sites is 2. The Morgan fingerprint density at radius 2 is 1.75 bits per heavy atom. The summed E-state index contributed by atoms with van der Waals surface area (Å²) in [7, 11) is 0. The Morgan fingerprint density at radius 1 is 1.00 bits per heavy atom. The van der Waals surface area contributed by atoms with Crippen molar-refractivity contribution in [3.05, 3.63) is 60.2 Å². The normalized spacial score (nSPS) is 25.5. The van der Waals surface area contributed by atoms with Crippen molar-refractivity contribution in [3.63, 3.8) is 0 Å². The molecule has 2 aromatic carbocycles. The second-order valence-corrected chi connectivity index (χ2v) is 6.91. The van der Waals surface area contributed by atoms with E-state index in [1.54, 1.807) is 0 Å². The zero-order valence-electron chi connectivity index (χ0n) is 13.7. The molecule has 2 aliphatic rings. The minimum Gasteiger partial charge on any atom is -0.355 e. The van der Waals surface area contributed by atoms with Crippen molar-refractivity contribution >= 4 is 17.3 Å². The molecule has 0 bridgehead atoms. The van der Waals surface area contributed by atoms with Crippen LogP contribution in [0.1, 0.15) is 23.2 Å². The third-order valence-corrected chi connectivity index (χ3v) is 5.41. The van der Waals surface area contributed by atoms with Crippen LogP contribution in [0.15, 0.2) is 54.6 Å². The van der Waals surface area contributed by atoms with Crippen LogP contribution in [0, 0.1) is 11.8 Å². The minimum atomic E-state index is 0.107. The lowest BCUT2D eigenvalue weighted by molar-refractivity contribution is 0.0780. The second kappa shape index (κ2) is 6.29. The number of likely N-dealkylation sites (tertiary alicyclic amines) is 1. The molecule has 0 aromatic heterocycles. The summed E-state index contributed by atoms with van der Waals surface area (Å²) >= 11 is 0. The molecule has 1 heterocycles. The van der Waals surface area contributed by atoms with E-state index in [1.165, 1.54) is 0 Å². The number of nitrogens with two attached hydrogens (primary N) is 1. The Bertz CT molecular complexity index is 731. The Balaban J connectivity index is 1.55. The highest BCUT2D eigenvalue weighted by Crippen LogP contribution is 2.38. The van der Waals surface area contributed by atoms with E-state index in [4.69, 9.17) is 5.73 Å². The molecule has 1 amide bonds. The van der Waals surface area contributed by atoms with E-state index in [1.807, 2.05) is 59.5 Å². The van der Waals surface area contributed by atoms with Crippen molar-refractivity contribution in [2.75, 3.05) is 18.4 Å². The van der Waals surface area contributed by atoms with Gasteiger partial charge in [-0.3, -0.25) is 4.79 Å². The average Bonchev–Trinajstić information content (AvgIpc) is 3.18. The third kappa shape index (κ3) is 2.78. The topological polar surface area (TPSA) is 58.4 Å². The first-order valence-electron chi connectivity index (χ1n) is 8.68. The number of amides is 1. The first-order valence-corrected chi connectivity index (χ1v) is 8.68. The van der Waals surface area contributed by atoms with Crippen LogP contribution in [-0.4, -0.2) is 29.9 Å². The number of benzene rings is 2. The Kier molecular flexibility index (Phi) is 3.98. The Hall–Kier alpha value is -2.33. The first kappa shape index (κ1) is 15.2. The maximum absolute atomic E-state index is 13.0. The number of carbonyl (C=O) groups excluding carboxylic acids is 1. The second-order valence-electron chi connectivity index (χ2n) is 6.91. The molecule has 0 spiro atoms. The summed E-state index contributed by atoms with van der Waals surface area (Å²) in [4.78, 5) is 15.0. The fourth-order valence-electron chi connectivity index (χ4n) is 4.10. The summed E-state index contributed by atoms with van der Waals surface area (Å²) < 4.78 is 0. The van der Waals surface area contributed by atoms with E-state index in [9.17, 15) is 4.79 Å². The van der Waals surface area contributed by atoms with E-state index < -0.39 is 0 Å². The van der Waals surface area contributed by atoms with Crippen molar-refractivity contribution in [3.8, 4) is 0 Å². The highest BCUT2D eigenvalue weighted by molar-refractivity contribution is 6.00. The number of anilines is 2. The Morgan fingerprint density at radius 3 is 2.54 bits per heavy atom. The van der Waals surface area contributed by atoms with E-state index in [-0.39, 0.29) is 11.9 Å². The molecule has 3 unspecified atom stereocenters. The molecule has 124 valence electrons.